The SMILES string of the molecule is Cc1c(C(=O)O)n(C)c2ccc(C#N)cc12. The number of carbonyl (C=O) groups is 1. The zero-order valence-corrected chi connectivity index (χ0v) is 8.98. The molecule has 0 atom stereocenters. The third-order valence-electron chi connectivity index (χ3n) is 2.78. The molecular formula is C12H10N2O2. The van der Waals surface area contributed by atoms with Gasteiger partial charge in [0.25, 0.3) is 0 Å². The number of aromatic nitrogens is 1. The highest BCUT2D eigenvalue weighted by Crippen LogP contribution is 2.25. The van der Waals surface area contributed by atoms with Crippen molar-refractivity contribution in [2.24, 2.45) is 7.05 Å². The average molecular weight is 214 g/mol. The second kappa shape index (κ2) is 3.38. The van der Waals surface area contributed by atoms with E-state index in [2.05, 4.69) is 0 Å². The molecule has 2 rings (SSSR count). The summed E-state index contributed by atoms with van der Waals surface area (Å²) in [5.41, 5.74) is 2.33. The molecule has 4 heteroatoms. The van der Waals surface area contributed by atoms with E-state index >= 15 is 0 Å². The van der Waals surface area contributed by atoms with Crippen molar-refractivity contribution in [2.75, 3.05) is 0 Å². The van der Waals surface area contributed by atoms with Crippen LogP contribution in [0.25, 0.3) is 10.9 Å². The monoisotopic (exact) mass is 214 g/mol. The van der Waals surface area contributed by atoms with Gasteiger partial charge < -0.3 is 9.67 Å². The highest BCUT2D eigenvalue weighted by atomic mass is 16.4. The van der Waals surface area contributed by atoms with E-state index < -0.39 is 5.97 Å². The van der Waals surface area contributed by atoms with Crippen molar-refractivity contribution in [3.63, 3.8) is 0 Å². The van der Waals surface area contributed by atoms with Crippen LogP contribution in [0.2, 0.25) is 0 Å². The van der Waals surface area contributed by atoms with Crippen molar-refractivity contribution in [3.05, 3.63) is 35.0 Å². The predicted octanol–water partition coefficient (Wildman–Crippen LogP) is 2.06. The summed E-state index contributed by atoms with van der Waals surface area (Å²) in [4.78, 5) is 11.1. The molecule has 4 nitrogen and oxygen atoms in total. The third-order valence-corrected chi connectivity index (χ3v) is 2.78. The molecule has 1 aromatic carbocycles. The molecular weight excluding hydrogens is 204 g/mol. The van der Waals surface area contributed by atoms with E-state index in [1.54, 1.807) is 36.7 Å². The number of nitrogens with zero attached hydrogens (tertiary/aromatic N) is 2. The van der Waals surface area contributed by atoms with Gasteiger partial charge in [-0.05, 0) is 30.7 Å². The summed E-state index contributed by atoms with van der Waals surface area (Å²) in [5, 5.41) is 18.7. The first kappa shape index (κ1) is 10.2. The number of aryl methyl sites for hydroxylation is 2. The molecule has 1 heterocycles. The number of hydrogen-bond donors (Lipinski definition) is 1. The second-order valence-electron chi connectivity index (χ2n) is 3.68. The first-order chi connectivity index (χ1) is 7.56. The van der Waals surface area contributed by atoms with Gasteiger partial charge in [0.1, 0.15) is 5.69 Å². The maximum atomic E-state index is 11.1. The molecule has 16 heavy (non-hydrogen) atoms. The van der Waals surface area contributed by atoms with Gasteiger partial charge in [-0.15, -0.1) is 0 Å². The molecule has 0 aliphatic heterocycles. The summed E-state index contributed by atoms with van der Waals surface area (Å²) in [6.07, 6.45) is 0. The van der Waals surface area contributed by atoms with Gasteiger partial charge >= 0.3 is 5.97 Å². The van der Waals surface area contributed by atoms with Crippen LogP contribution < -0.4 is 0 Å². The molecule has 0 unspecified atom stereocenters. The minimum absolute atomic E-state index is 0.269. The summed E-state index contributed by atoms with van der Waals surface area (Å²) in [6.45, 7) is 1.76. The van der Waals surface area contributed by atoms with E-state index in [0.29, 0.717) is 11.1 Å². The van der Waals surface area contributed by atoms with Gasteiger partial charge in [0.15, 0.2) is 0 Å². The Morgan fingerprint density at radius 3 is 2.75 bits per heavy atom. The van der Waals surface area contributed by atoms with Crippen LogP contribution >= 0.6 is 0 Å². The number of aromatic carboxylic acids is 1. The molecule has 1 N–H and O–H groups in total. The lowest BCUT2D eigenvalue weighted by Gasteiger charge is -1.98. The Morgan fingerprint density at radius 1 is 1.50 bits per heavy atom. The summed E-state index contributed by atoms with van der Waals surface area (Å²) in [5.74, 6) is -0.949. The van der Waals surface area contributed by atoms with Crippen LogP contribution in [-0.4, -0.2) is 15.6 Å². The zero-order chi connectivity index (χ0) is 11.9. The van der Waals surface area contributed by atoms with E-state index in [1.165, 1.54) is 0 Å². The van der Waals surface area contributed by atoms with E-state index in [0.717, 1.165) is 10.9 Å². The fraction of sp³-hybridized carbons (Fsp3) is 0.167. The van der Waals surface area contributed by atoms with Crippen LogP contribution in [-0.2, 0) is 7.05 Å². The Kier molecular flexibility index (Phi) is 2.17. The van der Waals surface area contributed by atoms with Gasteiger partial charge in [-0.25, -0.2) is 4.79 Å². The normalized spacial score (nSPS) is 10.3. The topological polar surface area (TPSA) is 66.0 Å². The molecule has 80 valence electrons. The van der Waals surface area contributed by atoms with Gasteiger partial charge in [0.05, 0.1) is 11.6 Å². The van der Waals surface area contributed by atoms with Crippen molar-refractivity contribution >= 4 is 16.9 Å². The van der Waals surface area contributed by atoms with Crippen molar-refractivity contribution in [3.8, 4) is 6.07 Å². The largest absolute Gasteiger partial charge is 0.477 e. The lowest BCUT2D eigenvalue weighted by molar-refractivity contribution is 0.0686. The predicted molar refractivity (Wildman–Crippen MR) is 59.3 cm³/mol. The second-order valence-corrected chi connectivity index (χ2v) is 3.68. The lowest BCUT2D eigenvalue weighted by Crippen LogP contribution is -2.05. The third kappa shape index (κ3) is 1.26. The smallest absolute Gasteiger partial charge is 0.352 e. The fourth-order valence-electron chi connectivity index (χ4n) is 2.00. The molecule has 2 aromatic rings. The Balaban J connectivity index is 2.89. The van der Waals surface area contributed by atoms with Crippen LogP contribution in [0.5, 0.6) is 0 Å². The molecule has 0 bridgehead atoms. The molecule has 0 spiro atoms. The Hall–Kier alpha value is -2.28. The van der Waals surface area contributed by atoms with E-state index in [4.69, 9.17) is 10.4 Å². The molecule has 0 saturated carbocycles. The van der Waals surface area contributed by atoms with Gasteiger partial charge in [0.2, 0.25) is 0 Å². The first-order valence-electron chi connectivity index (χ1n) is 4.78. The summed E-state index contributed by atoms with van der Waals surface area (Å²) in [7, 11) is 1.71. The van der Waals surface area contributed by atoms with Crippen LogP contribution in [0.3, 0.4) is 0 Å². The van der Waals surface area contributed by atoms with E-state index in [1.807, 2.05) is 6.07 Å². The van der Waals surface area contributed by atoms with Crippen LogP contribution in [0.1, 0.15) is 21.6 Å². The number of rotatable bonds is 1. The molecule has 1 aromatic heterocycles. The zero-order valence-electron chi connectivity index (χ0n) is 8.98. The van der Waals surface area contributed by atoms with Gasteiger partial charge in [-0.2, -0.15) is 5.26 Å². The summed E-state index contributed by atoms with van der Waals surface area (Å²) >= 11 is 0. The maximum Gasteiger partial charge on any atom is 0.352 e. The van der Waals surface area contributed by atoms with E-state index in [-0.39, 0.29) is 5.69 Å². The molecule has 0 amide bonds. The maximum absolute atomic E-state index is 11.1. The highest BCUT2D eigenvalue weighted by molar-refractivity contribution is 5.98. The fourth-order valence-corrected chi connectivity index (χ4v) is 2.00. The minimum Gasteiger partial charge on any atom is -0.477 e. The Labute approximate surface area is 92.3 Å². The first-order valence-corrected chi connectivity index (χ1v) is 4.78. The number of nitriles is 1. The highest BCUT2D eigenvalue weighted by Gasteiger charge is 2.17. The van der Waals surface area contributed by atoms with Gasteiger partial charge in [0, 0.05) is 18.0 Å². The van der Waals surface area contributed by atoms with Crippen LogP contribution in [0.15, 0.2) is 18.2 Å². The summed E-state index contributed by atoms with van der Waals surface area (Å²) in [6, 6.07) is 7.23. The molecule has 0 fully saturated rings. The molecule has 0 aliphatic carbocycles. The number of carboxylic acid groups (broad SMARTS) is 1. The van der Waals surface area contributed by atoms with Crippen LogP contribution in [0, 0.1) is 18.3 Å². The number of hydrogen-bond acceptors (Lipinski definition) is 2. The number of fused-ring (bicyclic) bond motifs is 1. The minimum atomic E-state index is -0.949. The van der Waals surface area contributed by atoms with Gasteiger partial charge in [-0.3, -0.25) is 0 Å². The van der Waals surface area contributed by atoms with E-state index in [9.17, 15) is 4.79 Å². The molecule has 0 aliphatic rings. The lowest BCUT2D eigenvalue weighted by atomic mass is 10.1. The molecule has 0 radical (unpaired) electrons. The van der Waals surface area contributed by atoms with Crippen molar-refractivity contribution in [2.45, 2.75) is 6.92 Å². The van der Waals surface area contributed by atoms with Crippen molar-refractivity contribution < 1.29 is 9.90 Å². The number of carboxylic acids is 1. The Bertz CT molecular complexity index is 632. The van der Waals surface area contributed by atoms with Gasteiger partial charge in [-0.1, -0.05) is 0 Å². The van der Waals surface area contributed by atoms with Crippen molar-refractivity contribution in [1.29, 1.82) is 5.26 Å². The number of benzene rings is 1. The molecule has 0 saturated heterocycles. The average Bonchev–Trinajstić information content (AvgIpc) is 2.51. The quantitative estimate of drug-likeness (QED) is 0.790. The van der Waals surface area contributed by atoms with Crippen LogP contribution in [0.4, 0.5) is 0 Å². The Morgan fingerprint density at radius 2 is 2.19 bits per heavy atom. The van der Waals surface area contributed by atoms with Crippen molar-refractivity contribution in [1.82, 2.24) is 4.57 Å². The summed E-state index contributed by atoms with van der Waals surface area (Å²) < 4.78 is 1.63. The standard InChI is InChI=1S/C12H10N2O2/c1-7-9-5-8(6-13)3-4-10(9)14(2)11(7)12(15)16/h3-5H,1-2H3,(H,15,16).